The van der Waals surface area contributed by atoms with Crippen molar-refractivity contribution in [1.29, 1.82) is 0 Å². The van der Waals surface area contributed by atoms with Crippen molar-refractivity contribution in [3.05, 3.63) is 23.4 Å². The van der Waals surface area contributed by atoms with Gasteiger partial charge in [-0.3, -0.25) is 0 Å². The van der Waals surface area contributed by atoms with Crippen LogP contribution in [0.1, 0.15) is 49.8 Å². The van der Waals surface area contributed by atoms with Gasteiger partial charge in [-0.05, 0) is 51.4 Å². The largest absolute Gasteiger partial charge is 0.316 e. The molecule has 1 fully saturated rings. The molecule has 0 aromatic carbocycles. The van der Waals surface area contributed by atoms with Crippen molar-refractivity contribution in [1.82, 2.24) is 10.3 Å². The SMILES string of the molecule is CNC1CCCCCCC1Sc1cc(C)cc(C)n1. The topological polar surface area (TPSA) is 24.9 Å². The first-order valence-corrected chi connectivity index (χ1v) is 8.36. The molecule has 1 heterocycles. The van der Waals surface area contributed by atoms with Crippen LogP contribution in [0.2, 0.25) is 0 Å². The maximum atomic E-state index is 4.69. The maximum Gasteiger partial charge on any atom is 0.0968 e. The number of hydrogen-bond acceptors (Lipinski definition) is 3. The molecule has 19 heavy (non-hydrogen) atoms. The molecule has 1 aliphatic carbocycles. The van der Waals surface area contributed by atoms with Crippen LogP contribution in [0.25, 0.3) is 0 Å². The summed E-state index contributed by atoms with van der Waals surface area (Å²) in [6.07, 6.45) is 8.14. The Morgan fingerprint density at radius 2 is 1.84 bits per heavy atom. The third-order valence-electron chi connectivity index (χ3n) is 3.92. The number of aromatic nitrogens is 1. The number of thioether (sulfide) groups is 1. The van der Waals surface area contributed by atoms with Crippen LogP contribution in [0, 0.1) is 13.8 Å². The lowest BCUT2D eigenvalue weighted by molar-refractivity contribution is 0.420. The number of pyridine rings is 1. The van der Waals surface area contributed by atoms with Gasteiger partial charge in [-0.1, -0.05) is 25.7 Å². The van der Waals surface area contributed by atoms with Crippen molar-refractivity contribution in [2.24, 2.45) is 0 Å². The van der Waals surface area contributed by atoms with Crippen LogP contribution in [0.4, 0.5) is 0 Å². The molecule has 2 atom stereocenters. The maximum absolute atomic E-state index is 4.69. The summed E-state index contributed by atoms with van der Waals surface area (Å²) in [5.41, 5.74) is 2.45. The highest BCUT2D eigenvalue weighted by Gasteiger charge is 2.22. The Balaban J connectivity index is 2.08. The Labute approximate surface area is 121 Å². The zero-order valence-electron chi connectivity index (χ0n) is 12.4. The zero-order chi connectivity index (χ0) is 13.7. The first kappa shape index (κ1) is 14.9. The molecule has 0 spiro atoms. The van der Waals surface area contributed by atoms with E-state index in [-0.39, 0.29) is 0 Å². The second-order valence-electron chi connectivity index (χ2n) is 5.67. The molecule has 0 amide bonds. The van der Waals surface area contributed by atoms with Gasteiger partial charge in [0.2, 0.25) is 0 Å². The minimum atomic E-state index is 0.632. The summed E-state index contributed by atoms with van der Waals surface area (Å²) in [6.45, 7) is 4.25. The van der Waals surface area contributed by atoms with Gasteiger partial charge >= 0.3 is 0 Å². The highest BCUT2D eigenvalue weighted by molar-refractivity contribution is 7.99. The summed E-state index contributed by atoms with van der Waals surface area (Å²) in [4.78, 5) is 4.69. The van der Waals surface area contributed by atoms with Crippen molar-refractivity contribution in [2.75, 3.05) is 7.05 Å². The minimum Gasteiger partial charge on any atom is -0.316 e. The summed E-state index contributed by atoms with van der Waals surface area (Å²) < 4.78 is 0. The van der Waals surface area contributed by atoms with Gasteiger partial charge in [-0.25, -0.2) is 4.98 Å². The molecule has 0 radical (unpaired) electrons. The molecule has 1 aliphatic rings. The predicted molar refractivity (Wildman–Crippen MR) is 83.9 cm³/mol. The van der Waals surface area contributed by atoms with Crippen molar-refractivity contribution >= 4 is 11.8 Å². The molecule has 1 N–H and O–H groups in total. The monoisotopic (exact) mass is 278 g/mol. The van der Waals surface area contributed by atoms with Crippen molar-refractivity contribution in [2.45, 2.75) is 68.7 Å². The van der Waals surface area contributed by atoms with Gasteiger partial charge in [-0.2, -0.15) is 0 Å². The molecule has 1 aromatic rings. The van der Waals surface area contributed by atoms with Gasteiger partial charge in [0, 0.05) is 17.0 Å². The minimum absolute atomic E-state index is 0.632. The van der Waals surface area contributed by atoms with E-state index in [4.69, 9.17) is 0 Å². The molecule has 2 nitrogen and oxygen atoms in total. The van der Waals surface area contributed by atoms with Crippen molar-refractivity contribution in [3.8, 4) is 0 Å². The molecule has 2 unspecified atom stereocenters. The smallest absolute Gasteiger partial charge is 0.0968 e. The van der Waals surface area contributed by atoms with Gasteiger partial charge in [0.1, 0.15) is 0 Å². The Kier molecular flexibility index (Phi) is 5.71. The van der Waals surface area contributed by atoms with Crippen molar-refractivity contribution < 1.29 is 0 Å². The predicted octanol–water partition coefficient (Wildman–Crippen LogP) is 4.10. The molecule has 2 rings (SSSR count). The fraction of sp³-hybridized carbons (Fsp3) is 0.688. The average molecular weight is 278 g/mol. The molecule has 0 aliphatic heterocycles. The summed E-state index contributed by atoms with van der Waals surface area (Å²) in [5, 5.41) is 5.39. The van der Waals surface area contributed by atoms with E-state index < -0.39 is 0 Å². The van der Waals surface area contributed by atoms with Gasteiger partial charge in [0.15, 0.2) is 0 Å². The van der Waals surface area contributed by atoms with E-state index >= 15 is 0 Å². The quantitative estimate of drug-likeness (QED) is 0.901. The Bertz CT molecular complexity index is 385. The third-order valence-corrected chi connectivity index (χ3v) is 5.24. The summed E-state index contributed by atoms with van der Waals surface area (Å²) in [6, 6.07) is 5.01. The van der Waals surface area contributed by atoms with Crippen LogP contribution >= 0.6 is 11.8 Å². The molecule has 3 heteroatoms. The lowest BCUT2D eigenvalue weighted by Crippen LogP contribution is -2.36. The second-order valence-corrected chi connectivity index (χ2v) is 6.93. The third kappa shape index (κ3) is 4.50. The number of hydrogen-bond donors (Lipinski definition) is 1. The van der Waals surface area contributed by atoms with E-state index in [0.717, 1.165) is 5.69 Å². The number of nitrogens with zero attached hydrogens (tertiary/aromatic N) is 1. The second kappa shape index (κ2) is 7.30. The van der Waals surface area contributed by atoms with E-state index in [1.807, 2.05) is 11.8 Å². The molecule has 106 valence electrons. The summed E-state index contributed by atoms with van der Waals surface area (Å²) in [5.74, 6) is 0. The van der Waals surface area contributed by atoms with Crippen molar-refractivity contribution in [3.63, 3.8) is 0 Å². The molecule has 1 aromatic heterocycles. The van der Waals surface area contributed by atoms with Crippen LogP contribution < -0.4 is 5.32 Å². The van der Waals surface area contributed by atoms with Gasteiger partial charge in [0.05, 0.1) is 5.03 Å². The highest BCUT2D eigenvalue weighted by atomic mass is 32.2. The number of nitrogens with one attached hydrogen (secondary N) is 1. The van der Waals surface area contributed by atoms with Gasteiger partial charge in [-0.15, -0.1) is 11.8 Å². The fourth-order valence-corrected chi connectivity index (χ4v) is 4.42. The normalized spacial score (nSPS) is 24.8. The van der Waals surface area contributed by atoms with E-state index in [2.05, 4.69) is 43.3 Å². The Morgan fingerprint density at radius 3 is 2.53 bits per heavy atom. The van der Waals surface area contributed by atoms with E-state index in [0.29, 0.717) is 11.3 Å². The van der Waals surface area contributed by atoms with Crippen LogP contribution in [-0.2, 0) is 0 Å². The summed E-state index contributed by atoms with van der Waals surface area (Å²) >= 11 is 1.97. The standard InChI is InChI=1S/C16H26N2S/c1-12-10-13(2)18-16(11-12)19-15-9-7-5-4-6-8-14(15)17-3/h10-11,14-15,17H,4-9H2,1-3H3. The molecule has 1 saturated carbocycles. The van der Waals surface area contributed by atoms with Crippen LogP contribution in [-0.4, -0.2) is 23.3 Å². The zero-order valence-corrected chi connectivity index (χ0v) is 13.2. The number of aryl methyl sites for hydroxylation is 2. The molecular weight excluding hydrogens is 252 g/mol. The van der Waals surface area contributed by atoms with Crippen LogP contribution in [0.5, 0.6) is 0 Å². The lowest BCUT2D eigenvalue weighted by Gasteiger charge is -2.28. The van der Waals surface area contributed by atoms with E-state index in [9.17, 15) is 0 Å². The lowest BCUT2D eigenvalue weighted by atomic mass is 9.96. The molecule has 0 bridgehead atoms. The van der Waals surface area contributed by atoms with Gasteiger partial charge in [0.25, 0.3) is 0 Å². The molecule has 0 saturated heterocycles. The Hall–Kier alpha value is -0.540. The molecular formula is C16H26N2S. The first-order valence-electron chi connectivity index (χ1n) is 7.48. The fourth-order valence-electron chi connectivity index (χ4n) is 2.94. The number of rotatable bonds is 3. The average Bonchev–Trinajstić information content (AvgIpc) is 2.32. The van der Waals surface area contributed by atoms with E-state index in [1.54, 1.807) is 0 Å². The first-order chi connectivity index (χ1) is 9.19. The van der Waals surface area contributed by atoms with E-state index in [1.165, 1.54) is 49.1 Å². The van der Waals surface area contributed by atoms with Gasteiger partial charge < -0.3 is 5.32 Å². The van der Waals surface area contributed by atoms with Crippen LogP contribution in [0.3, 0.4) is 0 Å². The Morgan fingerprint density at radius 1 is 1.11 bits per heavy atom. The highest BCUT2D eigenvalue weighted by Crippen LogP contribution is 2.32. The summed E-state index contributed by atoms with van der Waals surface area (Å²) in [7, 11) is 2.11. The van der Waals surface area contributed by atoms with Crippen LogP contribution in [0.15, 0.2) is 17.2 Å².